The summed E-state index contributed by atoms with van der Waals surface area (Å²) < 4.78 is 0. The van der Waals surface area contributed by atoms with Crippen molar-refractivity contribution in [2.24, 2.45) is 0 Å². The number of hydrogen-bond donors (Lipinski definition) is 2. The van der Waals surface area contributed by atoms with Gasteiger partial charge in [-0.05, 0) is 0 Å². The molecule has 0 radical (unpaired) electrons. The average Bonchev–Trinajstić information content (AvgIpc) is 2.07. The molecule has 0 fully saturated rings. The van der Waals surface area contributed by atoms with E-state index in [0.717, 1.165) is 0 Å². The molecule has 0 atom stereocenters. The van der Waals surface area contributed by atoms with E-state index in [-0.39, 0.29) is 72.3 Å². The molecule has 0 aliphatic rings. The van der Waals surface area contributed by atoms with Crippen LogP contribution in [0.1, 0.15) is 10.5 Å². The van der Waals surface area contributed by atoms with Gasteiger partial charge in [-0.25, -0.2) is 9.78 Å². The number of halogens is 3. The Kier molecular flexibility index (Phi) is 6.25. The van der Waals surface area contributed by atoms with Gasteiger partial charge >= 0.3 is 57.4 Å². The number of carbonyl (C=O) groups is 1. The zero-order valence-corrected chi connectivity index (χ0v) is 8.28. The summed E-state index contributed by atoms with van der Waals surface area (Å²) in [5, 5.41) is 8.17. The Hall–Kier alpha value is 0.926. The number of carboxylic acid groups (broad SMARTS) is 1. The van der Waals surface area contributed by atoms with Crippen molar-refractivity contribution in [3.8, 4) is 0 Å². The maximum absolute atomic E-state index is 10.5. The molecule has 1 aromatic heterocycles. The van der Waals surface area contributed by atoms with Crippen LogP contribution in [0.5, 0.6) is 0 Å². The number of aromatic carboxylic acids is 1. The molecule has 0 aliphatic carbocycles. The maximum atomic E-state index is 10.5. The molecule has 14 heavy (non-hydrogen) atoms. The van der Waals surface area contributed by atoms with Crippen LogP contribution in [0.15, 0.2) is 0 Å². The SMILES string of the molecule is Nc1c(Cl)c(Cl)nc(C(=O)O)c1Cl.[KH]. The number of nitrogen functional groups attached to an aromatic ring is 1. The van der Waals surface area contributed by atoms with E-state index < -0.39 is 11.7 Å². The van der Waals surface area contributed by atoms with Gasteiger partial charge in [0.15, 0.2) is 10.8 Å². The van der Waals surface area contributed by atoms with E-state index in [4.69, 9.17) is 45.6 Å². The van der Waals surface area contributed by atoms with Crippen molar-refractivity contribution < 1.29 is 9.90 Å². The number of carboxylic acids is 1. The van der Waals surface area contributed by atoms with Crippen LogP contribution in [-0.4, -0.2) is 67.4 Å². The van der Waals surface area contributed by atoms with E-state index in [1.807, 2.05) is 0 Å². The van der Waals surface area contributed by atoms with Crippen molar-refractivity contribution in [2.45, 2.75) is 0 Å². The minimum atomic E-state index is -1.31. The van der Waals surface area contributed by atoms with Crippen LogP contribution in [0.4, 0.5) is 5.69 Å². The Morgan fingerprint density at radius 3 is 2.21 bits per heavy atom. The van der Waals surface area contributed by atoms with E-state index in [1.165, 1.54) is 0 Å². The van der Waals surface area contributed by atoms with Crippen molar-refractivity contribution in [2.75, 3.05) is 5.73 Å². The molecular formula is C6H4Cl3KN2O2. The molecule has 0 saturated carbocycles. The van der Waals surface area contributed by atoms with Crippen LogP contribution in [0.3, 0.4) is 0 Å². The normalized spacial score (nSPS) is 9.36. The second-order valence-corrected chi connectivity index (χ2v) is 3.21. The van der Waals surface area contributed by atoms with E-state index in [1.54, 1.807) is 0 Å². The molecule has 1 aromatic rings. The summed E-state index contributed by atoms with van der Waals surface area (Å²) in [5.74, 6) is -1.31. The van der Waals surface area contributed by atoms with Gasteiger partial charge in [-0.15, -0.1) is 0 Å². The van der Waals surface area contributed by atoms with Gasteiger partial charge in [0.2, 0.25) is 0 Å². The molecule has 72 valence electrons. The number of nitrogens with zero attached hydrogens (tertiary/aromatic N) is 1. The molecule has 0 aromatic carbocycles. The van der Waals surface area contributed by atoms with E-state index in [9.17, 15) is 4.79 Å². The van der Waals surface area contributed by atoms with Crippen molar-refractivity contribution in [3.05, 3.63) is 20.9 Å². The molecular weight excluding hydrogens is 278 g/mol. The number of hydrogen-bond acceptors (Lipinski definition) is 3. The summed E-state index contributed by atoms with van der Waals surface area (Å²) in [4.78, 5) is 14.0. The standard InChI is InChI=1S/C6H3Cl3N2O2.K.H/c7-1-3(10)2(8)5(9)11-4(1)6(12)13;;/h(H2,10,11)(H,12,13);;. The Balaban J connectivity index is 0.00000169. The first-order valence-corrected chi connectivity index (χ1v) is 4.11. The topological polar surface area (TPSA) is 76.2 Å². The third-order valence-electron chi connectivity index (χ3n) is 1.27. The molecule has 1 heterocycles. The second kappa shape index (κ2) is 5.86. The van der Waals surface area contributed by atoms with Crippen LogP contribution in [0.2, 0.25) is 15.2 Å². The van der Waals surface area contributed by atoms with Gasteiger partial charge in [0.25, 0.3) is 0 Å². The average molecular weight is 282 g/mol. The summed E-state index contributed by atoms with van der Waals surface area (Å²) in [6, 6.07) is 0. The molecule has 4 nitrogen and oxygen atoms in total. The monoisotopic (exact) mass is 280 g/mol. The van der Waals surface area contributed by atoms with Gasteiger partial charge in [-0.1, -0.05) is 34.8 Å². The molecule has 8 heteroatoms. The molecule has 0 bridgehead atoms. The first kappa shape index (κ1) is 14.9. The predicted octanol–water partition coefficient (Wildman–Crippen LogP) is 1.67. The Labute approximate surface area is 137 Å². The molecule has 1 rings (SSSR count). The Morgan fingerprint density at radius 2 is 1.79 bits per heavy atom. The fourth-order valence-electron chi connectivity index (χ4n) is 0.673. The van der Waals surface area contributed by atoms with Crippen LogP contribution in [-0.2, 0) is 0 Å². The van der Waals surface area contributed by atoms with Crippen molar-refractivity contribution in [1.29, 1.82) is 0 Å². The zero-order valence-electron chi connectivity index (χ0n) is 6.01. The van der Waals surface area contributed by atoms with Gasteiger partial charge in [-0.3, -0.25) is 0 Å². The fraction of sp³-hybridized carbons (Fsp3) is 0. The summed E-state index contributed by atoms with van der Waals surface area (Å²) >= 11 is 16.6. The van der Waals surface area contributed by atoms with Crippen molar-refractivity contribution in [3.63, 3.8) is 0 Å². The van der Waals surface area contributed by atoms with E-state index >= 15 is 0 Å². The molecule has 0 saturated heterocycles. The quantitative estimate of drug-likeness (QED) is 0.606. The second-order valence-electron chi connectivity index (χ2n) is 2.10. The van der Waals surface area contributed by atoms with Gasteiger partial charge < -0.3 is 10.8 Å². The van der Waals surface area contributed by atoms with E-state index in [2.05, 4.69) is 4.98 Å². The zero-order chi connectivity index (χ0) is 10.2. The van der Waals surface area contributed by atoms with E-state index in [0.29, 0.717) is 0 Å². The number of pyridine rings is 1. The number of anilines is 1. The minimum absolute atomic E-state index is 0. The molecule has 0 spiro atoms. The molecule has 0 unspecified atom stereocenters. The van der Waals surface area contributed by atoms with Gasteiger partial charge in [0.05, 0.1) is 10.7 Å². The van der Waals surface area contributed by atoms with Crippen LogP contribution in [0, 0.1) is 0 Å². The molecule has 3 N–H and O–H groups in total. The first-order valence-electron chi connectivity index (χ1n) is 2.98. The summed E-state index contributed by atoms with van der Waals surface area (Å²) in [6.45, 7) is 0. The van der Waals surface area contributed by atoms with Crippen molar-refractivity contribution >= 4 is 97.8 Å². The van der Waals surface area contributed by atoms with Crippen LogP contribution < -0.4 is 5.73 Å². The molecule has 0 amide bonds. The van der Waals surface area contributed by atoms with Gasteiger partial charge in [0, 0.05) is 0 Å². The summed E-state index contributed by atoms with van der Waals surface area (Å²) in [7, 11) is 0. The van der Waals surface area contributed by atoms with Crippen LogP contribution >= 0.6 is 34.8 Å². The number of nitrogens with two attached hydrogens (primary N) is 1. The predicted molar refractivity (Wildman–Crippen MR) is 57.8 cm³/mol. The first-order chi connectivity index (χ1) is 5.95. The third-order valence-corrected chi connectivity index (χ3v) is 2.41. The van der Waals surface area contributed by atoms with Gasteiger partial charge in [0.1, 0.15) is 5.02 Å². The molecule has 0 aliphatic heterocycles. The Morgan fingerprint density at radius 1 is 1.29 bits per heavy atom. The third kappa shape index (κ3) is 2.96. The number of rotatable bonds is 1. The van der Waals surface area contributed by atoms with Crippen molar-refractivity contribution in [1.82, 2.24) is 4.98 Å². The Bertz CT molecular complexity index is 386. The van der Waals surface area contributed by atoms with Gasteiger partial charge in [-0.2, -0.15) is 0 Å². The number of aromatic nitrogens is 1. The summed E-state index contributed by atoms with van der Waals surface area (Å²) in [6.07, 6.45) is 0. The fourth-order valence-corrected chi connectivity index (χ4v) is 1.26. The van der Waals surface area contributed by atoms with Crippen LogP contribution in [0.25, 0.3) is 0 Å². The summed E-state index contributed by atoms with van der Waals surface area (Å²) in [5.41, 5.74) is 4.88.